The molecule has 0 unspecified atom stereocenters. The van der Waals surface area contributed by atoms with E-state index in [1.165, 1.54) is 13.1 Å². The van der Waals surface area contributed by atoms with E-state index in [9.17, 15) is 14.4 Å². The first kappa shape index (κ1) is 18.9. The molecule has 0 saturated heterocycles. The Hall–Kier alpha value is -2.84. The van der Waals surface area contributed by atoms with Crippen LogP contribution in [-0.4, -0.2) is 20.9 Å². The minimum Gasteiger partial charge on any atom is -0.461 e. The highest BCUT2D eigenvalue weighted by Crippen LogP contribution is 2.24. The van der Waals surface area contributed by atoms with Gasteiger partial charge < -0.3 is 10.1 Å². The van der Waals surface area contributed by atoms with Gasteiger partial charge in [0, 0.05) is 41.0 Å². The molecular formula is C17H14Cl2N4O4. The zero-order valence-electron chi connectivity index (χ0n) is 14.1. The average Bonchev–Trinajstić information content (AvgIpc) is 2.57. The lowest BCUT2D eigenvalue weighted by Crippen LogP contribution is -2.24. The SMILES string of the molecule is CC(=O)OCc1cnc2[nH]c(=O)[nH]c(=O)c2c1CNc1cc(Cl)cc(Cl)c1. The van der Waals surface area contributed by atoms with Crippen molar-refractivity contribution in [3.8, 4) is 0 Å². The predicted molar refractivity (Wildman–Crippen MR) is 102 cm³/mol. The molecule has 0 radical (unpaired) electrons. The molecule has 0 amide bonds. The average molecular weight is 409 g/mol. The van der Waals surface area contributed by atoms with Gasteiger partial charge in [0.05, 0.1) is 5.39 Å². The normalized spacial score (nSPS) is 10.8. The molecule has 2 heterocycles. The number of carbonyl (C=O) groups excluding carboxylic acids is 1. The number of anilines is 1. The van der Waals surface area contributed by atoms with Crippen LogP contribution in [0, 0.1) is 0 Å². The first-order valence-corrected chi connectivity index (χ1v) is 8.55. The molecule has 3 aromatic rings. The van der Waals surface area contributed by atoms with Gasteiger partial charge in [-0.25, -0.2) is 9.78 Å². The van der Waals surface area contributed by atoms with E-state index >= 15 is 0 Å². The molecule has 0 saturated carbocycles. The van der Waals surface area contributed by atoms with Gasteiger partial charge in [0.1, 0.15) is 12.3 Å². The zero-order valence-corrected chi connectivity index (χ0v) is 15.6. The lowest BCUT2D eigenvalue weighted by Gasteiger charge is -2.14. The Morgan fingerprint density at radius 1 is 1.19 bits per heavy atom. The highest BCUT2D eigenvalue weighted by molar-refractivity contribution is 6.35. The standard InChI is InChI=1S/C17H14Cl2N4O4/c1-8(24)27-7-9-5-21-15-14(16(25)23-17(26)22-15)13(9)6-20-12-3-10(18)2-11(19)4-12/h2-5,20H,6-7H2,1H3,(H2,21,22,23,25,26). The number of halogens is 2. The van der Waals surface area contributed by atoms with Gasteiger partial charge in [0.15, 0.2) is 0 Å². The Kier molecular flexibility index (Phi) is 5.48. The summed E-state index contributed by atoms with van der Waals surface area (Å²) in [4.78, 5) is 43.7. The van der Waals surface area contributed by atoms with Crippen molar-refractivity contribution in [1.82, 2.24) is 15.0 Å². The van der Waals surface area contributed by atoms with Crippen molar-refractivity contribution in [3.63, 3.8) is 0 Å². The fourth-order valence-electron chi connectivity index (χ4n) is 2.58. The number of nitrogens with zero attached hydrogens (tertiary/aromatic N) is 1. The first-order valence-electron chi connectivity index (χ1n) is 7.80. The zero-order chi connectivity index (χ0) is 19.6. The molecule has 0 aliphatic heterocycles. The van der Waals surface area contributed by atoms with Gasteiger partial charge in [-0.3, -0.25) is 19.6 Å². The Morgan fingerprint density at radius 3 is 2.56 bits per heavy atom. The summed E-state index contributed by atoms with van der Waals surface area (Å²) in [5, 5.41) is 4.22. The Morgan fingerprint density at radius 2 is 1.89 bits per heavy atom. The highest BCUT2D eigenvalue weighted by Gasteiger charge is 2.14. The third-order valence-electron chi connectivity index (χ3n) is 3.72. The topological polar surface area (TPSA) is 117 Å². The van der Waals surface area contributed by atoms with E-state index in [4.69, 9.17) is 27.9 Å². The molecule has 0 spiro atoms. The number of hydrogen-bond acceptors (Lipinski definition) is 6. The molecule has 0 aliphatic rings. The molecule has 27 heavy (non-hydrogen) atoms. The van der Waals surface area contributed by atoms with Gasteiger partial charge in [-0.2, -0.15) is 0 Å². The van der Waals surface area contributed by atoms with Crippen LogP contribution in [0.5, 0.6) is 0 Å². The number of carbonyl (C=O) groups is 1. The van der Waals surface area contributed by atoms with Crippen molar-refractivity contribution in [2.45, 2.75) is 20.1 Å². The number of esters is 1. The van der Waals surface area contributed by atoms with E-state index in [1.807, 2.05) is 0 Å². The largest absolute Gasteiger partial charge is 0.461 e. The van der Waals surface area contributed by atoms with Crippen LogP contribution in [0.25, 0.3) is 11.0 Å². The van der Waals surface area contributed by atoms with Crippen LogP contribution in [0.1, 0.15) is 18.1 Å². The number of fused-ring (bicyclic) bond motifs is 1. The summed E-state index contributed by atoms with van der Waals surface area (Å²) in [7, 11) is 0. The van der Waals surface area contributed by atoms with Crippen molar-refractivity contribution >= 4 is 45.9 Å². The van der Waals surface area contributed by atoms with Crippen LogP contribution in [0.4, 0.5) is 5.69 Å². The molecule has 140 valence electrons. The molecule has 0 atom stereocenters. The van der Waals surface area contributed by atoms with Crippen LogP contribution in [-0.2, 0) is 22.7 Å². The predicted octanol–water partition coefficient (Wildman–Crippen LogP) is 2.59. The number of ether oxygens (including phenoxy) is 1. The number of H-pyrrole nitrogens is 2. The smallest absolute Gasteiger partial charge is 0.327 e. The van der Waals surface area contributed by atoms with Crippen molar-refractivity contribution in [2.24, 2.45) is 0 Å². The van der Waals surface area contributed by atoms with E-state index < -0.39 is 17.2 Å². The second-order valence-electron chi connectivity index (χ2n) is 5.69. The van der Waals surface area contributed by atoms with Crippen molar-refractivity contribution < 1.29 is 9.53 Å². The quantitative estimate of drug-likeness (QED) is 0.558. The summed E-state index contributed by atoms with van der Waals surface area (Å²) in [6.07, 6.45) is 1.45. The van der Waals surface area contributed by atoms with Crippen LogP contribution in [0.15, 0.2) is 34.0 Å². The van der Waals surface area contributed by atoms with E-state index in [0.717, 1.165) is 0 Å². The van der Waals surface area contributed by atoms with E-state index in [-0.39, 0.29) is 24.2 Å². The molecule has 8 nitrogen and oxygen atoms in total. The monoisotopic (exact) mass is 408 g/mol. The Balaban J connectivity index is 2.06. The molecule has 3 N–H and O–H groups in total. The number of hydrogen-bond donors (Lipinski definition) is 3. The minimum atomic E-state index is -0.659. The number of pyridine rings is 1. The molecule has 0 fully saturated rings. The number of nitrogens with one attached hydrogen (secondary N) is 3. The number of rotatable bonds is 5. The third kappa shape index (κ3) is 4.47. The maximum Gasteiger partial charge on any atom is 0.327 e. The van der Waals surface area contributed by atoms with Gasteiger partial charge in [-0.1, -0.05) is 23.2 Å². The summed E-state index contributed by atoms with van der Waals surface area (Å²) in [6.45, 7) is 1.40. The number of aromatic nitrogens is 3. The molecular weight excluding hydrogens is 395 g/mol. The number of benzene rings is 1. The van der Waals surface area contributed by atoms with E-state index in [1.54, 1.807) is 18.2 Å². The van der Waals surface area contributed by atoms with Gasteiger partial charge in [0.25, 0.3) is 5.56 Å². The van der Waals surface area contributed by atoms with Crippen LogP contribution < -0.4 is 16.6 Å². The summed E-state index contributed by atoms with van der Waals surface area (Å²) in [5.74, 6) is -0.467. The maximum absolute atomic E-state index is 12.3. The molecule has 1 aromatic carbocycles. The van der Waals surface area contributed by atoms with E-state index in [0.29, 0.717) is 26.9 Å². The summed E-state index contributed by atoms with van der Waals surface area (Å²) in [5.41, 5.74) is 0.568. The fraction of sp³-hybridized carbons (Fsp3) is 0.176. The Bertz CT molecular complexity index is 1120. The Labute approximate surface area is 162 Å². The second kappa shape index (κ2) is 7.81. The third-order valence-corrected chi connectivity index (χ3v) is 4.16. The first-order chi connectivity index (χ1) is 12.8. The lowest BCUT2D eigenvalue weighted by atomic mass is 10.1. The molecule has 2 aromatic heterocycles. The summed E-state index contributed by atoms with van der Waals surface area (Å²) < 4.78 is 5.04. The summed E-state index contributed by atoms with van der Waals surface area (Å²) >= 11 is 12.0. The molecule has 0 bridgehead atoms. The van der Waals surface area contributed by atoms with E-state index in [2.05, 4.69) is 20.3 Å². The number of aromatic amines is 2. The second-order valence-corrected chi connectivity index (χ2v) is 6.56. The van der Waals surface area contributed by atoms with Gasteiger partial charge in [0.2, 0.25) is 0 Å². The van der Waals surface area contributed by atoms with Crippen molar-refractivity contribution in [1.29, 1.82) is 0 Å². The van der Waals surface area contributed by atoms with Gasteiger partial charge in [-0.05, 0) is 23.8 Å². The summed E-state index contributed by atoms with van der Waals surface area (Å²) in [6, 6.07) is 4.95. The molecule has 0 aliphatic carbocycles. The van der Waals surface area contributed by atoms with Gasteiger partial charge in [-0.15, -0.1) is 0 Å². The van der Waals surface area contributed by atoms with Crippen molar-refractivity contribution in [2.75, 3.05) is 5.32 Å². The molecule has 10 heteroatoms. The lowest BCUT2D eigenvalue weighted by molar-refractivity contribution is -0.142. The maximum atomic E-state index is 12.3. The van der Waals surface area contributed by atoms with Gasteiger partial charge >= 0.3 is 11.7 Å². The van der Waals surface area contributed by atoms with Crippen LogP contribution in [0.2, 0.25) is 10.0 Å². The van der Waals surface area contributed by atoms with Crippen molar-refractivity contribution in [3.05, 3.63) is 66.4 Å². The fourth-order valence-corrected chi connectivity index (χ4v) is 3.11. The minimum absolute atomic E-state index is 0.0653. The van der Waals surface area contributed by atoms with Crippen LogP contribution in [0.3, 0.4) is 0 Å². The van der Waals surface area contributed by atoms with Crippen LogP contribution >= 0.6 is 23.2 Å². The highest BCUT2D eigenvalue weighted by atomic mass is 35.5. The molecule has 3 rings (SSSR count).